The molecule has 0 fully saturated rings. The predicted molar refractivity (Wildman–Crippen MR) is 101 cm³/mol. The van der Waals surface area contributed by atoms with Crippen molar-refractivity contribution in [1.82, 2.24) is 0 Å². The summed E-state index contributed by atoms with van der Waals surface area (Å²) in [4.78, 5) is 43.1. The third-order valence-corrected chi connectivity index (χ3v) is 3.57. The van der Waals surface area contributed by atoms with Crippen LogP contribution in [-0.4, -0.2) is 39.9 Å². The van der Waals surface area contributed by atoms with Crippen LogP contribution in [0.2, 0.25) is 0 Å². The number of hydrogen-bond acceptors (Lipinski definition) is 5. The highest BCUT2D eigenvalue weighted by atomic mass is 32.2. The molecular weight excluding hydrogens is 410 g/mol. The van der Waals surface area contributed by atoms with E-state index in [2.05, 4.69) is 18.2 Å². The molecule has 13 heteroatoms. The average molecular weight is 444 g/mol. The predicted octanol–water partition coefficient (Wildman–Crippen LogP) is 3.58. The second kappa shape index (κ2) is 20.2. The van der Waals surface area contributed by atoms with Gasteiger partial charge in [-0.1, -0.05) is 71.6 Å². The van der Waals surface area contributed by atoms with E-state index in [1.165, 1.54) is 57.8 Å². The molecule has 0 aromatic rings. The van der Waals surface area contributed by atoms with Gasteiger partial charge in [-0.05, 0) is 6.42 Å². The molecule has 7 N–H and O–H groups in total. The van der Waals surface area contributed by atoms with Crippen LogP contribution in [0.1, 0.15) is 78.1 Å². The number of rotatable bonds is 12. The summed E-state index contributed by atoms with van der Waals surface area (Å²) in [6.07, 6.45) is 13.4. The Morgan fingerprint density at radius 1 is 0.769 bits per heavy atom. The van der Waals surface area contributed by atoms with E-state index in [4.69, 9.17) is 43.7 Å². The molecule has 1 unspecified atom stereocenters. The molecule has 10 nitrogen and oxygen atoms in total. The Morgan fingerprint density at radius 3 is 1.38 bits per heavy atom. The summed E-state index contributed by atoms with van der Waals surface area (Å²) in [5.74, 6) is 0. The van der Waals surface area contributed by atoms with Crippen molar-refractivity contribution in [3.05, 3.63) is 0 Å². The first kappa shape index (κ1) is 31.2. The molecule has 0 aliphatic carbocycles. The second-order valence-corrected chi connectivity index (χ2v) is 8.82. The highest BCUT2D eigenvalue weighted by molar-refractivity contribution is 7.95. The lowest BCUT2D eigenvalue weighted by molar-refractivity contribution is -0.117. The Labute approximate surface area is 159 Å². The highest BCUT2D eigenvalue weighted by Crippen LogP contribution is 2.26. The molecule has 0 amide bonds. The van der Waals surface area contributed by atoms with Crippen molar-refractivity contribution in [1.29, 1.82) is 0 Å². The molecule has 162 valence electrons. The Morgan fingerprint density at radius 2 is 1.08 bits per heavy atom. The Kier molecular flexibility index (Phi) is 24.3. The fourth-order valence-corrected chi connectivity index (χ4v) is 2.27. The van der Waals surface area contributed by atoms with Gasteiger partial charge >= 0.3 is 15.6 Å². The molecule has 1 atom stereocenters. The normalized spacial score (nSPS) is 12.5. The van der Waals surface area contributed by atoms with Crippen molar-refractivity contribution >= 4 is 27.7 Å². The molecule has 0 aliphatic rings. The van der Waals surface area contributed by atoms with Gasteiger partial charge in [0.1, 0.15) is 0 Å². The molecule has 0 spiro atoms. The molecule has 0 aliphatic heterocycles. The molecule has 0 rings (SSSR count). The fourth-order valence-electron chi connectivity index (χ4n) is 1.86. The summed E-state index contributed by atoms with van der Waals surface area (Å²) >= 11 is 1.16. The molecule has 0 bridgehead atoms. The first-order valence-corrected chi connectivity index (χ1v) is 12.3. The Bertz CT molecular complexity index is 337. The molecule has 0 saturated carbocycles. The minimum atomic E-state index is -4.64. The van der Waals surface area contributed by atoms with Crippen LogP contribution < -0.4 is 0 Å². The molecule has 0 heterocycles. The van der Waals surface area contributed by atoms with Crippen LogP contribution >= 0.6 is 27.7 Å². The van der Waals surface area contributed by atoms with Crippen LogP contribution in [-0.2, 0) is 13.5 Å². The number of hydrogen-bond donors (Lipinski definition) is 7. The van der Waals surface area contributed by atoms with Gasteiger partial charge < -0.3 is 29.4 Å². The summed E-state index contributed by atoms with van der Waals surface area (Å²) in [5.41, 5.74) is 0. The summed E-state index contributed by atoms with van der Waals surface area (Å²) in [6.45, 7) is 4.35. The minimum absolute atomic E-state index is 0.412. The zero-order valence-electron chi connectivity index (χ0n) is 15.3. The van der Waals surface area contributed by atoms with E-state index in [-0.39, 0.29) is 0 Å². The molecule has 0 aromatic heterocycles. The van der Waals surface area contributed by atoms with E-state index >= 15 is 0 Å². The van der Waals surface area contributed by atoms with E-state index < -0.39 is 15.6 Å². The van der Waals surface area contributed by atoms with Gasteiger partial charge in [0.15, 0.2) is 0 Å². The van der Waals surface area contributed by atoms with Crippen molar-refractivity contribution in [3.63, 3.8) is 0 Å². The smallest absolute Gasteiger partial charge is 0.303 e. The third kappa shape index (κ3) is 64.4. The van der Waals surface area contributed by atoms with Gasteiger partial charge in [-0.15, -0.1) is 0 Å². The van der Waals surface area contributed by atoms with Crippen LogP contribution in [0, 0.1) is 0 Å². The van der Waals surface area contributed by atoms with Gasteiger partial charge in [-0.3, -0.25) is 0 Å². The lowest BCUT2D eigenvalue weighted by atomic mass is 10.1. The third-order valence-electron chi connectivity index (χ3n) is 2.92. The van der Waals surface area contributed by atoms with Crippen molar-refractivity contribution in [2.75, 3.05) is 0 Å². The summed E-state index contributed by atoms with van der Waals surface area (Å²) in [5, 5.41) is 8.65. The van der Waals surface area contributed by atoms with Crippen molar-refractivity contribution in [3.8, 4) is 0 Å². The van der Waals surface area contributed by atoms with E-state index in [1.807, 2.05) is 0 Å². The molecule has 26 heavy (non-hydrogen) atoms. The zero-order valence-corrected chi connectivity index (χ0v) is 17.9. The van der Waals surface area contributed by atoms with Crippen LogP contribution in [0.25, 0.3) is 0 Å². The second-order valence-electron chi connectivity index (χ2n) is 5.63. The molecular formula is C13H34O10P2S. The average Bonchev–Trinajstić information content (AvgIpc) is 2.42. The number of unbranched alkanes of at least 4 members (excludes halogenated alkanes) is 8. The maximum Gasteiger partial charge on any atom is 0.466 e. The van der Waals surface area contributed by atoms with Gasteiger partial charge in [0.05, 0.1) is 0 Å². The standard InChI is InChI=1S/C13H28O2S.2H3O4P/c1-3-4-5-6-7-8-9-10-11-12-13(2)16-15-14;2*1-5(2,3)4/h13-14H,3-12H2,1-2H3;2*(H3,1,2,3,4). The monoisotopic (exact) mass is 444 g/mol. The van der Waals surface area contributed by atoms with Crippen LogP contribution in [0.4, 0.5) is 0 Å². The lowest BCUT2D eigenvalue weighted by Crippen LogP contribution is -1.96. The van der Waals surface area contributed by atoms with Gasteiger partial charge in [-0.2, -0.15) is 4.33 Å². The van der Waals surface area contributed by atoms with Gasteiger partial charge in [-0.25, -0.2) is 14.4 Å². The fraction of sp³-hybridized carbons (Fsp3) is 1.00. The SMILES string of the molecule is CCCCCCCCCCCC(C)SOO.O=P(O)(O)O.O=P(O)(O)O. The van der Waals surface area contributed by atoms with Gasteiger partial charge in [0, 0.05) is 17.3 Å². The Balaban J connectivity index is -0.000000433. The van der Waals surface area contributed by atoms with Crippen LogP contribution in [0.3, 0.4) is 0 Å². The van der Waals surface area contributed by atoms with E-state index in [1.54, 1.807) is 0 Å². The maximum absolute atomic E-state index is 8.88. The Hall–Kier alpha value is 0.490. The molecule has 0 aromatic carbocycles. The highest BCUT2D eigenvalue weighted by Gasteiger charge is 2.02. The zero-order chi connectivity index (χ0) is 21.1. The van der Waals surface area contributed by atoms with Gasteiger partial charge in [0.25, 0.3) is 0 Å². The first-order valence-electron chi connectivity index (χ1n) is 8.34. The van der Waals surface area contributed by atoms with Crippen molar-refractivity contribution in [2.24, 2.45) is 0 Å². The summed E-state index contributed by atoms with van der Waals surface area (Å²) in [7, 11) is -9.28. The lowest BCUT2D eigenvalue weighted by Gasteiger charge is -2.06. The summed E-state index contributed by atoms with van der Waals surface area (Å²) < 4.78 is 21.8. The largest absolute Gasteiger partial charge is 0.466 e. The summed E-state index contributed by atoms with van der Waals surface area (Å²) in [6, 6.07) is 0. The maximum atomic E-state index is 8.88. The van der Waals surface area contributed by atoms with E-state index in [9.17, 15) is 0 Å². The first-order chi connectivity index (χ1) is 11.8. The van der Waals surface area contributed by atoms with E-state index in [0.29, 0.717) is 5.25 Å². The molecule has 0 saturated heterocycles. The minimum Gasteiger partial charge on any atom is -0.303 e. The van der Waals surface area contributed by atoms with Crippen molar-refractivity contribution in [2.45, 2.75) is 83.3 Å². The quantitative estimate of drug-likeness (QED) is 0.0767. The van der Waals surface area contributed by atoms with Crippen LogP contribution in [0.5, 0.6) is 0 Å². The van der Waals surface area contributed by atoms with E-state index in [0.717, 1.165) is 18.5 Å². The molecule has 0 radical (unpaired) electrons. The number of phosphoric acid groups is 2. The van der Waals surface area contributed by atoms with Crippen LogP contribution in [0.15, 0.2) is 0 Å². The van der Waals surface area contributed by atoms with Crippen molar-refractivity contribution < 1.29 is 48.1 Å². The van der Waals surface area contributed by atoms with Gasteiger partial charge in [0.2, 0.25) is 0 Å². The topological polar surface area (TPSA) is 185 Å².